The van der Waals surface area contributed by atoms with E-state index in [1.54, 1.807) is 30.3 Å². The molecule has 1 N–H and O–H groups in total. The standard InChI is InChI=1S/C26H19F3N2O3S2/c1-16-6-4-8-18(12-16)31-24(33)22(36-25(31)35)14-17-7-5-9-19(13-17)34-15-23(32)30-21-11-3-2-10-20(21)26(27,28)29/h2-14H,15H2,1H3,(H,30,32)/b22-14-. The van der Waals surface area contributed by atoms with Crippen LogP contribution in [0.25, 0.3) is 6.08 Å². The zero-order chi connectivity index (χ0) is 25.9. The van der Waals surface area contributed by atoms with E-state index >= 15 is 0 Å². The number of rotatable bonds is 6. The highest BCUT2D eigenvalue weighted by Gasteiger charge is 2.34. The Hall–Kier alpha value is -3.63. The fraction of sp³-hybridized carbons (Fsp3) is 0.115. The number of nitrogens with zero attached hydrogens (tertiary/aromatic N) is 1. The molecule has 0 saturated carbocycles. The summed E-state index contributed by atoms with van der Waals surface area (Å²) >= 11 is 6.58. The van der Waals surface area contributed by atoms with Crippen LogP contribution in [0.4, 0.5) is 24.5 Å². The molecule has 0 spiro atoms. The second-order valence-corrected chi connectivity index (χ2v) is 9.48. The Bertz CT molecular complexity index is 1370. The van der Waals surface area contributed by atoms with E-state index in [0.717, 1.165) is 11.6 Å². The number of hydrogen-bond acceptors (Lipinski definition) is 5. The molecular weight excluding hydrogens is 509 g/mol. The van der Waals surface area contributed by atoms with Crippen molar-refractivity contribution in [2.24, 2.45) is 0 Å². The van der Waals surface area contributed by atoms with Gasteiger partial charge in [0.25, 0.3) is 11.8 Å². The predicted molar refractivity (Wildman–Crippen MR) is 139 cm³/mol. The minimum atomic E-state index is -4.60. The molecule has 1 saturated heterocycles. The lowest BCUT2D eigenvalue weighted by Gasteiger charge is -2.14. The number of aryl methyl sites for hydroxylation is 1. The molecule has 184 valence electrons. The number of carbonyl (C=O) groups excluding carboxylic acids is 2. The third-order valence-corrected chi connectivity index (χ3v) is 6.39. The van der Waals surface area contributed by atoms with Crippen LogP contribution in [-0.4, -0.2) is 22.7 Å². The van der Waals surface area contributed by atoms with Crippen molar-refractivity contribution in [2.75, 3.05) is 16.8 Å². The van der Waals surface area contributed by atoms with Crippen molar-refractivity contribution >= 4 is 57.6 Å². The van der Waals surface area contributed by atoms with Crippen molar-refractivity contribution < 1.29 is 27.5 Å². The summed E-state index contributed by atoms with van der Waals surface area (Å²) in [6.07, 6.45) is -2.93. The van der Waals surface area contributed by atoms with Crippen molar-refractivity contribution in [1.29, 1.82) is 0 Å². The number of hydrogen-bond donors (Lipinski definition) is 1. The van der Waals surface area contributed by atoms with Gasteiger partial charge in [0, 0.05) is 0 Å². The van der Waals surface area contributed by atoms with Gasteiger partial charge in [-0.2, -0.15) is 13.2 Å². The number of amides is 2. The number of anilines is 2. The average molecular weight is 529 g/mol. The Balaban J connectivity index is 1.43. The van der Waals surface area contributed by atoms with E-state index in [4.69, 9.17) is 17.0 Å². The lowest BCUT2D eigenvalue weighted by atomic mass is 10.1. The number of nitrogens with one attached hydrogen (secondary N) is 1. The molecule has 3 aromatic carbocycles. The maximum atomic E-state index is 13.1. The van der Waals surface area contributed by atoms with Crippen LogP contribution in [0, 0.1) is 6.92 Å². The minimum absolute atomic E-state index is 0.246. The van der Waals surface area contributed by atoms with Gasteiger partial charge in [-0.1, -0.05) is 60.4 Å². The predicted octanol–water partition coefficient (Wildman–Crippen LogP) is 6.44. The summed E-state index contributed by atoms with van der Waals surface area (Å²) in [4.78, 5) is 27.1. The summed E-state index contributed by atoms with van der Waals surface area (Å²) in [5.74, 6) is -0.669. The number of para-hydroxylation sites is 1. The summed E-state index contributed by atoms with van der Waals surface area (Å²) in [7, 11) is 0. The molecule has 2 amide bonds. The highest BCUT2D eigenvalue weighted by Crippen LogP contribution is 2.37. The van der Waals surface area contributed by atoms with Crippen LogP contribution in [0.15, 0.2) is 77.7 Å². The van der Waals surface area contributed by atoms with E-state index in [1.165, 1.54) is 34.9 Å². The molecule has 36 heavy (non-hydrogen) atoms. The van der Waals surface area contributed by atoms with Crippen LogP contribution in [0.1, 0.15) is 16.7 Å². The molecule has 0 atom stereocenters. The smallest absolute Gasteiger partial charge is 0.418 e. The first-order valence-electron chi connectivity index (χ1n) is 10.7. The number of halogens is 3. The molecule has 10 heteroatoms. The normalized spacial score (nSPS) is 14.9. The van der Waals surface area contributed by atoms with Gasteiger partial charge in [0.2, 0.25) is 0 Å². The summed E-state index contributed by atoms with van der Waals surface area (Å²) in [5.41, 5.74) is 1.05. The molecule has 0 aliphatic carbocycles. The molecular formula is C26H19F3N2O3S2. The number of benzene rings is 3. The van der Waals surface area contributed by atoms with Gasteiger partial charge in [-0.05, 0) is 60.5 Å². The fourth-order valence-electron chi connectivity index (χ4n) is 3.48. The van der Waals surface area contributed by atoms with Crippen LogP contribution in [-0.2, 0) is 15.8 Å². The van der Waals surface area contributed by atoms with E-state index in [2.05, 4.69) is 5.32 Å². The van der Waals surface area contributed by atoms with Gasteiger partial charge in [-0.15, -0.1) is 0 Å². The topological polar surface area (TPSA) is 58.6 Å². The van der Waals surface area contributed by atoms with Gasteiger partial charge in [-0.25, -0.2) is 0 Å². The Morgan fingerprint density at radius 3 is 2.58 bits per heavy atom. The third kappa shape index (κ3) is 5.95. The van der Waals surface area contributed by atoms with Gasteiger partial charge < -0.3 is 10.1 Å². The lowest BCUT2D eigenvalue weighted by molar-refractivity contribution is -0.137. The monoisotopic (exact) mass is 528 g/mol. The second-order valence-electron chi connectivity index (χ2n) is 7.81. The van der Waals surface area contributed by atoms with Crippen molar-refractivity contribution in [3.63, 3.8) is 0 Å². The molecule has 5 nitrogen and oxygen atoms in total. The molecule has 0 bridgehead atoms. The van der Waals surface area contributed by atoms with Crippen molar-refractivity contribution in [3.05, 3.63) is 94.4 Å². The van der Waals surface area contributed by atoms with Crippen LogP contribution in [0.3, 0.4) is 0 Å². The highest BCUT2D eigenvalue weighted by atomic mass is 32.2. The van der Waals surface area contributed by atoms with Gasteiger partial charge in [0.15, 0.2) is 10.9 Å². The summed E-state index contributed by atoms with van der Waals surface area (Å²) in [5, 5.41) is 2.23. The first-order valence-corrected chi connectivity index (χ1v) is 11.9. The van der Waals surface area contributed by atoms with E-state index in [1.807, 2.05) is 31.2 Å². The van der Waals surface area contributed by atoms with E-state index in [9.17, 15) is 22.8 Å². The van der Waals surface area contributed by atoms with Crippen molar-refractivity contribution in [2.45, 2.75) is 13.1 Å². The minimum Gasteiger partial charge on any atom is -0.484 e. The van der Waals surface area contributed by atoms with Gasteiger partial charge in [0.05, 0.1) is 21.8 Å². The fourth-order valence-corrected chi connectivity index (χ4v) is 4.78. The SMILES string of the molecule is Cc1cccc(N2C(=O)/C(=C/c3cccc(OCC(=O)Nc4ccccc4C(F)(F)F)c3)SC2=S)c1. The Morgan fingerprint density at radius 2 is 1.83 bits per heavy atom. The van der Waals surface area contributed by atoms with Crippen LogP contribution < -0.4 is 15.0 Å². The van der Waals surface area contributed by atoms with E-state index in [0.29, 0.717) is 26.2 Å². The molecule has 1 heterocycles. The summed E-state index contributed by atoms with van der Waals surface area (Å²) in [6, 6.07) is 18.8. The summed E-state index contributed by atoms with van der Waals surface area (Å²) in [6.45, 7) is 1.43. The zero-order valence-corrected chi connectivity index (χ0v) is 20.5. The van der Waals surface area contributed by atoms with Crippen molar-refractivity contribution in [1.82, 2.24) is 0 Å². The van der Waals surface area contributed by atoms with Gasteiger partial charge >= 0.3 is 6.18 Å². The molecule has 1 aliphatic heterocycles. The molecule has 3 aromatic rings. The lowest BCUT2D eigenvalue weighted by Crippen LogP contribution is -2.27. The van der Waals surface area contributed by atoms with Crippen LogP contribution >= 0.6 is 24.0 Å². The number of ether oxygens (including phenoxy) is 1. The molecule has 1 aliphatic rings. The second kappa shape index (κ2) is 10.5. The number of thioether (sulfide) groups is 1. The first-order chi connectivity index (χ1) is 17.1. The number of alkyl halides is 3. The highest BCUT2D eigenvalue weighted by molar-refractivity contribution is 8.27. The Kier molecular flexibility index (Phi) is 7.46. The Labute approximate surface area is 214 Å². The maximum Gasteiger partial charge on any atom is 0.418 e. The van der Waals surface area contributed by atoms with E-state index < -0.39 is 24.3 Å². The van der Waals surface area contributed by atoms with Crippen LogP contribution in [0.5, 0.6) is 5.75 Å². The molecule has 0 unspecified atom stereocenters. The van der Waals surface area contributed by atoms with E-state index in [-0.39, 0.29) is 11.6 Å². The number of thiocarbonyl (C=S) groups is 1. The summed E-state index contributed by atoms with van der Waals surface area (Å²) < 4.78 is 45.3. The maximum absolute atomic E-state index is 13.1. The Morgan fingerprint density at radius 1 is 1.08 bits per heavy atom. The largest absolute Gasteiger partial charge is 0.484 e. The average Bonchev–Trinajstić information content (AvgIpc) is 3.10. The molecule has 0 aromatic heterocycles. The van der Waals surface area contributed by atoms with Crippen molar-refractivity contribution in [3.8, 4) is 5.75 Å². The van der Waals surface area contributed by atoms with Gasteiger partial charge in [0.1, 0.15) is 5.75 Å². The first kappa shape index (κ1) is 25.5. The van der Waals surface area contributed by atoms with Crippen LogP contribution in [0.2, 0.25) is 0 Å². The molecule has 0 radical (unpaired) electrons. The molecule has 1 fully saturated rings. The third-order valence-electron chi connectivity index (χ3n) is 5.09. The quantitative estimate of drug-likeness (QED) is 0.295. The zero-order valence-electron chi connectivity index (χ0n) is 18.8. The molecule has 4 rings (SSSR count). The number of carbonyl (C=O) groups is 2. The van der Waals surface area contributed by atoms with Gasteiger partial charge in [-0.3, -0.25) is 14.5 Å².